The Kier molecular flexibility index (Phi) is 4.73. The minimum absolute atomic E-state index is 0.233. The molecule has 2 N–H and O–H groups in total. The lowest BCUT2D eigenvalue weighted by Gasteiger charge is -2.33. The molecule has 7 heteroatoms. The summed E-state index contributed by atoms with van der Waals surface area (Å²) >= 11 is 0. The number of amides is 1. The van der Waals surface area contributed by atoms with Gasteiger partial charge in [0.1, 0.15) is 11.6 Å². The van der Waals surface area contributed by atoms with Crippen LogP contribution in [0.15, 0.2) is 6.07 Å². The van der Waals surface area contributed by atoms with Gasteiger partial charge in [0.2, 0.25) is 0 Å². The third-order valence-corrected chi connectivity index (χ3v) is 3.18. The highest BCUT2D eigenvalue weighted by atomic mass is 16.6. The van der Waals surface area contributed by atoms with Gasteiger partial charge in [0, 0.05) is 37.9 Å². The number of anilines is 1. The Morgan fingerprint density at radius 2 is 2.05 bits per heavy atom. The van der Waals surface area contributed by atoms with Crippen molar-refractivity contribution in [3.05, 3.63) is 17.6 Å². The van der Waals surface area contributed by atoms with Crippen molar-refractivity contribution >= 4 is 11.9 Å². The quantitative estimate of drug-likeness (QED) is 0.874. The summed E-state index contributed by atoms with van der Waals surface area (Å²) in [5, 5.41) is 0. The monoisotopic (exact) mass is 279 g/mol. The summed E-state index contributed by atoms with van der Waals surface area (Å²) in [6.45, 7) is 7.69. The maximum Gasteiger partial charge on any atom is 0.409 e. The molecular formula is C13H21N5O2. The zero-order chi connectivity index (χ0) is 14.5. The summed E-state index contributed by atoms with van der Waals surface area (Å²) < 4.78 is 4.99. The number of nitrogens with two attached hydrogens (primary N) is 1. The van der Waals surface area contributed by atoms with Crippen LogP contribution in [0.2, 0.25) is 0 Å². The van der Waals surface area contributed by atoms with Crippen LogP contribution in [0.5, 0.6) is 0 Å². The average Bonchev–Trinajstić information content (AvgIpc) is 2.38. The molecule has 1 aromatic heterocycles. The molecule has 2 rings (SSSR count). The average molecular weight is 279 g/mol. The predicted molar refractivity (Wildman–Crippen MR) is 75.1 cm³/mol. The number of hydrogen-bond donors (Lipinski definition) is 1. The Labute approximate surface area is 118 Å². The molecule has 0 saturated carbocycles. The number of aryl methyl sites for hydroxylation is 1. The van der Waals surface area contributed by atoms with Crippen LogP contribution in [0.3, 0.4) is 0 Å². The van der Waals surface area contributed by atoms with E-state index < -0.39 is 0 Å². The highest BCUT2D eigenvalue weighted by Gasteiger charge is 2.22. The van der Waals surface area contributed by atoms with Crippen LogP contribution in [0.1, 0.15) is 18.4 Å². The zero-order valence-electron chi connectivity index (χ0n) is 12.0. The topological polar surface area (TPSA) is 84.6 Å². The van der Waals surface area contributed by atoms with Gasteiger partial charge in [-0.3, -0.25) is 4.90 Å². The number of rotatable bonds is 3. The standard InChI is InChI=1S/C13H21N5O2/c1-3-20-13(19)18-6-4-17(5-7-18)9-12-15-10(2)8-11(14)16-12/h8H,3-7,9H2,1-2H3,(H2,14,15,16). The lowest BCUT2D eigenvalue weighted by atomic mass is 10.3. The van der Waals surface area contributed by atoms with Crippen molar-refractivity contribution in [1.82, 2.24) is 19.8 Å². The molecule has 1 amide bonds. The second-order valence-corrected chi connectivity index (χ2v) is 4.81. The van der Waals surface area contributed by atoms with Crippen LogP contribution in [-0.4, -0.2) is 58.6 Å². The molecule has 0 spiro atoms. The molecule has 0 aliphatic carbocycles. The molecule has 20 heavy (non-hydrogen) atoms. The summed E-state index contributed by atoms with van der Waals surface area (Å²) in [5.74, 6) is 1.23. The third-order valence-electron chi connectivity index (χ3n) is 3.18. The van der Waals surface area contributed by atoms with Crippen LogP contribution in [0.4, 0.5) is 10.6 Å². The van der Waals surface area contributed by atoms with Crippen LogP contribution in [0.25, 0.3) is 0 Å². The molecule has 0 bridgehead atoms. The maximum atomic E-state index is 11.6. The number of piperazine rings is 1. The number of aromatic nitrogens is 2. The van der Waals surface area contributed by atoms with E-state index >= 15 is 0 Å². The number of nitrogen functional groups attached to an aromatic ring is 1. The summed E-state index contributed by atoms with van der Waals surface area (Å²) in [7, 11) is 0. The van der Waals surface area contributed by atoms with Gasteiger partial charge in [0.25, 0.3) is 0 Å². The molecule has 1 aliphatic rings. The predicted octanol–water partition coefficient (Wildman–Crippen LogP) is 0.641. The number of ether oxygens (including phenoxy) is 1. The van der Waals surface area contributed by atoms with Crippen molar-refractivity contribution in [2.75, 3.05) is 38.5 Å². The third kappa shape index (κ3) is 3.80. The van der Waals surface area contributed by atoms with E-state index in [2.05, 4.69) is 14.9 Å². The van der Waals surface area contributed by atoms with Crippen molar-refractivity contribution in [3.63, 3.8) is 0 Å². The first-order valence-corrected chi connectivity index (χ1v) is 6.82. The molecule has 1 saturated heterocycles. The number of carbonyl (C=O) groups excluding carboxylic acids is 1. The van der Waals surface area contributed by atoms with E-state index in [0.717, 1.165) is 24.6 Å². The van der Waals surface area contributed by atoms with Gasteiger partial charge in [-0.15, -0.1) is 0 Å². The smallest absolute Gasteiger partial charge is 0.409 e. The first-order chi connectivity index (χ1) is 9.58. The van der Waals surface area contributed by atoms with Gasteiger partial charge >= 0.3 is 6.09 Å². The second kappa shape index (κ2) is 6.51. The van der Waals surface area contributed by atoms with E-state index in [1.807, 2.05) is 13.8 Å². The molecule has 1 aromatic rings. The van der Waals surface area contributed by atoms with E-state index in [1.165, 1.54) is 0 Å². The van der Waals surface area contributed by atoms with E-state index in [-0.39, 0.29) is 6.09 Å². The first-order valence-electron chi connectivity index (χ1n) is 6.82. The number of hydrogen-bond acceptors (Lipinski definition) is 6. The molecule has 110 valence electrons. The normalized spacial score (nSPS) is 16.2. The Balaban J connectivity index is 1.86. The van der Waals surface area contributed by atoms with Crippen LogP contribution in [-0.2, 0) is 11.3 Å². The Hall–Kier alpha value is -1.89. The Morgan fingerprint density at radius 1 is 1.35 bits per heavy atom. The fraction of sp³-hybridized carbons (Fsp3) is 0.615. The fourth-order valence-electron chi connectivity index (χ4n) is 2.23. The molecule has 2 heterocycles. The molecule has 0 atom stereocenters. The summed E-state index contributed by atoms with van der Waals surface area (Å²) in [6.07, 6.45) is -0.233. The van der Waals surface area contributed by atoms with Crippen molar-refractivity contribution in [3.8, 4) is 0 Å². The molecule has 1 aliphatic heterocycles. The molecule has 0 unspecified atom stereocenters. The van der Waals surface area contributed by atoms with Gasteiger partial charge in [0.15, 0.2) is 0 Å². The molecule has 0 radical (unpaired) electrons. The number of carbonyl (C=O) groups is 1. The molecule has 0 aromatic carbocycles. The Bertz CT molecular complexity index is 452. The summed E-state index contributed by atoms with van der Waals surface area (Å²) in [6, 6.07) is 1.75. The minimum Gasteiger partial charge on any atom is -0.450 e. The SMILES string of the molecule is CCOC(=O)N1CCN(Cc2nc(C)cc(N)n2)CC1. The van der Waals surface area contributed by atoms with Crippen LogP contribution < -0.4 is 5.73 Å². The zero-order valence-corrected chi connectivity index (χ0v) is 12.0. The molecule has 1 fully saturated rings. The van der Waals surface area contributed by atoms with E-state index in [9.17, 15) is 4.79 Å². The van der Waals surface area contributed by atoms with E-state index in [4.69, 9.17) is 10.5 Å². The van der Waals surface area contributed by atoms with Gasteiger partial charge in [0.05, 0.1) is 13.2 Å². The van der Waals surface area contributed by atoms with E-state index in [1.54, 1.807) is 11.0 Å². The van der Waals surface area contributed by atoms with Crippen molar-refractivity contribution < 1.29 is 9.53 Å². The lowest BCUT2D eigenvalue weighted by Crippen LogP contribution is -2.48. The van der Waals surface area contributed by atoms with Gasteiger partial charge in [-0.25, -0.2) is 14.8 Å². The highest BCUT2D eigenvalue weighted by Crippen LogP contribution is 2.09. The van der Waals surface area contributed by atoms with Gasteiger partial charge in [-0.2, -0.15) is 0 Å². The van der Waals surface area contributed by atoms with Crippen LogP contribution in [0, 0.1) is 6.92 Å². The van der Waals surface area contributed by atoms with Gasteiger partial charge in [-0.1, -0.05) is 0 Å². The first kappa shape index (κ1) is 14.5. The van der Waals surface area contributed by atoms with Gasteiger partial charge < -0.3 is 15.4 Å². The van der Waals surface area contributed by atoms with E-state index in [0.29, 0.717) is 32.1 Å². The van der Waals surface area contributed by atoms with Crippen molar-refractivity contribution in [1.29, 1.82) is 0 Å². The molecular weight excluding hydrogens is 258 g/mol. The second-order valence-electron chi connectivity index (χ2n) is 4.81. The summed E-state index contributed by atoms with van der Waals surface area (Å²) in [5.41, 5.74) is 6.59. The fourth-order valence-corrected chi connectivity index (χ4v) is 2.23. The maximum absolute atomic E-state index is 11.6. The van der Waals surface area contributed by atoms with Gasteiger partial charge in [-0.05, 0) is 13.8 Å². The Morgan fingerprint density at radius 3 is 2.65 bits per heavy atom. The summed E-state index contributed by atoms with van der Waals surface area (Å²) in [4.78, 5) is 24.1. The van der Waals surface area contributed by atoms with Crippen molar-refractivity contribution in [2.45, 2.75) is 20.4 Å². The minimum atomic E-state index is -0.233. The lowest BCUT2D eigenvalue weighted by molar-refractivity contribution is 0.0772. The van der Waals surface area contributed by atoms with Crippen LogP contribution >= 0.6 is 0 Å². The number of nitrogens with zero attached hydrogens (tertiary/aromatic N) is 4. The largest absolute Gasteiger partial charge is 0.450 e. The molecule has 7 nitrogen and oxygen atoms in total. The van der Waals surface area contributed by atoms with Crippen molar-refractivity contribution in [2.24, 2.45) is 0 Å². The highest BCUT2D eigenvalue weighted by molar-refractivity contribution is 5.67.